The number of hydrogen-bond acceptors (Lipinski definition) is 3. The zero-order valence-corrected chi connectivity index (χ0v) is 15.5. The quantitative estimate of drug-likeness (QED) is 0.616. The molecular weight excluding hydrogens is 375 g/mol. The third-order valence-corrected chi connectivity index (χ3v) is 4.39. The Bertz CT molecular complexity index is 962. The number of imide groups is 2. The van der Waals surface area contributed by atoms with Crippen molar-refractivity contribution in [1.82, 2.24) is 5.32 Å². The van der Waals surface area contributed by atoms with Gasteiger partial charge < -0.3 is 0 Å². The summed E-state index contributed by atoms with van der Waals surface area (Å²) in [6.07, 6.45) is 1.35. The first kappa shape index (κ1) is 18.2. The standard InChI is InChI=1S/C19H14Cl2N2O3/c1-10-5-11(2)7-14(6-10)23-18(25)15(17(24)22-19(23)26)8-12-3-4-13(20)9-16(12)21/h3-9H,1-2H3,(H,22,24,26). The molecule has 0 atom stereocenters. The lowest BCUT2D eigenvalue weighted by Crippen LogP contribution is -2.54. The van der Waals surface area contributed by atoms with Crippen molar-refractivity contribution in [3.05, 3.63) is 68.7 Å². The normalized spacial score (nSPS) is 16.2. The zero-order valence-electron chi connectivity index (χ0n) is 14.0. The number of carbonyl (C=O) groups excluding carboxylic acids is 3. The van der Waals surface area contributed by atoms with E-state index in [0.29, 0.717) is 21.3 Å². The topological polar surface area (TPSA) is 66.5 Å². The van der Waals surface area contributed by atoms with Gasteiger partial charge in [-0.05, 0) is 60.9 Å². The number of nitrogens with one attached hydrogen (secondary N) is 1. The Morgan fingerprint density at radius 2 is 1.62 bits per heavy atom. The van der Waals surface area contributed by atoms with Crippen molar-refractivity contribution in [2.24, 2.45) is 0 Å². The van der Waals surface area contributed by atoms with Gasteiger partial charge in [-0.25, -0.2) is 9.69 Å². The summed E-state index contributed by atoms with van der Waals surface area (Å²) in [4.78, 5) is 38.2. The number of aryl methyl sites for hydroxylation is 2. The van der Waals surface area contributed by atoms with Crippen LogP contribution in [-0.2, 0) is 9.59 Å². The van der Waals surface area contributed by atoms with Crippen LogP contribution in [0.25, 0.3) is 6.08 Å². The average molecular weight is 389 g/mol. The van der Waals surface area contributed by atoms with Crippen molar-refractivity contribution in [2.45, 2.75) is 13.8 Å². The van der Waals surface area contributed by atoms with E-state index in [4.69, 9.17) is 23.2 Å². The Labute approximate surface area is 160 Å². The molecule has 0 unspecified atom stereocenters. The minimum absolute atomic E-state index is 0.187. The first-order chi connectivity index (χ1) is 12.3. The lowest BCUT2D eigenvalue weighted by atomic mass is 10.1. The van der Waals surface area contributed by atoms with Gasteiger partial charge in [-0.3, -0.25) is 14.9 Å². The Morgan fingerprint density at radius 1 is 0.962 bits per heavy atom. The lowest BCUT2D eigenvalue weighted by molar-refractivity contribution is -0.122. The fourth-order valence-corrected chi connectivity index (χ4v) is 3.21. The SMILES string of the molecule is Cc1cc(C)cc(N2C(=O)NC(=O)C(=Cc3ccc(Cl)cc3Cl)C2=O)c1. The maximum absolute atomic E-state index is 12.9. The highest BCUT2D eigenvalue weighted by Gasteiger charge is 2.37. The zero-order chi connectivity index (χ0) is 19.0. The van der Waals surface area contributed by atoms with Crippen molar-refractivity contribution in [3.8, 4) is 0 Å². The summed E-state index contributed by atoms with van der Waals surface area (Å²) in [5.41, 5.74) is 2.44. The Kier molecular flexibility index (Phi) is 4.85. The van der Waals surface area contributed by atoms with Gasteiger partial charge in [0, 0.05) is 10.0 Å². The number of barbiturate groups is 1. The second kappa shape index (κ2) is 6.94. The lowest BCUT2D eigenvalue weighted by Gasteiger charge is -2.27. The Morgan fingerprint density at radius 3 is 2.23 bits per heavy atom. The Hall–Kier alpha value is -2.63. The van der Waals surface area contributed by atoms with Crippen molar-refractivity contribution in [1.29, 1.82) is 0 Å². The van der Waals surface area contributed by atoms with Gasteiger partial charge in [0.2, 0.25) is 0 Å². The average Bonchev–Trinajstić information content (AvgIpc) is 2.52. The molecule has 1 saturated heterocycles. The van der Waals surface area contributed by atoms with E-state index < -0.39 is 17.8 Å². The van der Waals surface area contributed by atoms with Crippen LogP contribution in [0.3, 0.4) is 0 Å². The van der Waals surface area contributed by atoms with E-state index in [1.165, 1.54) is 12.1 Å². The number of anilines is 1. The van der Waals surface area contributed by atoms with Crippen LogP contribution in [-0.4, -0.2) is 17.8 Å². The van der Waals surface area contributed by atoms with E-state index in [0.717, 1.165) is 16.0 Å². The van der Waals surface area contributed by atoms with Crippen LogP contribution in [0.15, 0.2) is 42.0 Å². The van der Waals surface area contributed by atoms with Crippen LogP contribution < -0.4 is 10.2 Å². The molecule has 1 heterocycles. The summed E-state index contributed by atoms with van der Waals surface area (Å²) in [5.74, 6) is -1.48. The number of halogens is 2. The van der Waals surface area contributed by atoms with Crippen molar-refractivity contribution >= 4 is 52.8 Å². The third kappa shape index (κ3) is 3.49. The van der Waals surface area contributed by atoms with Gasteiger partial charge in [0.1, 0.15) is 5.57 Å². The van der Waals surface area contributed by atoms with Crippen LogP contribution in [0.4, 0.5) is 10.5 Å². The minimum atomic E-state index is -0.788. The van der Waals surface area contributed by atoms with Crippen molar-refractivity contribution < 1.29 is 14.4 Å². The summed E-state index contributed by atoms with van der Waals surface area (Å²) in [5, 5.41) is 2.91. The number of benzene rings is 2. The summed E-state index contributed by atoms with van der Waals surface area (Å²) in [6.45, 7) is 3.72. The molecule has 1 aliphatic rings. The second-order valence-electron chi connectivity index (χ2n) is 5.97. The van der Waals surface area contributed by atoms with Crippen LogP contribution in [0.1, 0.15) is 16.7 Å². The minimum Gasteiger partial charge on any atom is -0.273 e. The van der Waals surface area contributed by atoms with Gasteiger partial charge in [-0.15, -0.1) is 0 Å². The molecule has 3 rings (SSSR count). The summed E-state index contributed by atoms with van der Waals surface area (Å²) >= 11 is 12.0. The first-order valence-electron chi connectivity index (χ1n) is 7.71. The van der Waals surface area contributed by atoms with E-state index >= 15 is 0 Å². The smallest absolute Gasteiger partial charge is 0.273 e. The van der Waals surface area contributed by atoms with E-state index in [2.05, 4.69) is 5.32 Å². The van der Waals surface area contributed by atoms with E-state index in [1.807, 2.05) is 19.9 Å². The summed E-state index contributed by atoms with van der Waals surface area (Å²) in [7, 11) is 0. The van der Waals surface area contributed by atoms with Crippen LogP contribution >= 0.6 is 23.2 Å². The van der Waals surface area contributed by atoms with Gasteiger partial charge in [-0.1, -0.05) is 35.3 Å². The van der Waals surface area contributed by atoms with Gasteiger partial charge >= 0.3 is 6.03 Å². The van der Waals surface area contributed by atoms with E-state index in [9.17, 15) is 14.4 Å². The molecule has 1 aliphatic heterocycles. The van der Waals surface area contributed by atoms with Crippen molar-refractivity contribution in [2.75, 3.05) is 4.90 Å². The molecule has 0 saturated carbocycles. The monoisotopic (exact) mass is 388 g/mol. The number of hydrogen-bond donors (Lipinski definition) is 1. The van der Waals surface area contributed by atoms with Crippen LogP contribution in [0.2, 0.25) is 10.0 Å². The van der Waals surface area contributed by atoms with Gasteiger partial charge in [0.25, 0.3) is 11.8 Å². The molecule has 0 bridgehead atoms. The molecule has 0 aliphatic carbocycles. The molecule has 2 aromatic carbocycles. The molecule has 0 spiro atoms. The number of amides is 4. The van der Waals surface area contributed by atoms with Crippen LogP contribution in [0.5, 0.6) is 0 Å². The molecule has 1 N–H and O–H groups in total. The number of urea groups is 1. The predicted octanol–water partition coefficient (Wildman–Crippen LogP) is 4.28. The molecular formula is C19H14Cl2N2O3. The number of nitrogens with zero attached hydrogens (tertiary/aromatic N) is 1. The molecule has 5 nitrogen and oxygen atoms in total. The van der Waals surface area contributed by atoms with E-state index in [-0.39, 0.29) is 5.57 Å². The Balaban J connectivity index is 2.07. The molecule has 7 heteroatoms. The first-order valence-corrected chi connectivity index (χ1v) is 8.46. The van der Waals surface area contributed by atoms with E-state index in [1.54, 1.807) is 24.3 Å². The maximum atomic E-state index is 12.9. The highest BCUT2D eigenvalue weighted by atomic mass is 35.5. The molecule has 0 radical (unpaired) electrons. The molecule has 0 aromatic heterocycles. The van der Waals surface area contributed by atoms with Gasteiger partial charge in [-0.2, -0.15) is 0 Å². The second-order valence-corrected chi connectivity index (χ2v) is 6.81. The number of carbonyl (C=O) groups is 3. The molecule has 1 fully saturated rings. The summed E-state index contributed by atoms with van der Waals surface area (Å²) < 4.78 is 0. The summed E-state index contributed by atoms with van der Waals surface area (Å²) in [6, 6.07) is 9.23. The van der Waals surface area contributed by atoms with Crippen molar-refractivity contribution in [3.63, 3.8) is 0 Å². The number of rotatable bonds is 2. The molecule has 132 valence electrons. The molecule has 2 aromatic rings. The largest absolute Gasteiger partial charge is 0.335 e. The van der Waals surface area contributed by atoms with Gasteiger partial charge in [0.05, 0.1) is 5.69 Å². The third-order valence-electron chi connectivity index (χ3n) is 3.83. The highest BCUT2D eigenvalue weighted by Crippen LogP contribution is 2.27. The van der Waals surface area contributed by atoms with Gasteiger partial charge in [0.15, 0.2) is 0 Å². The molecule has 4 amide bonds. The highest BCUT2D eigenvalue weighted by molar-refractivity contribution is 6.40. The predicted molar refractivity (Wildman–Crippen MR) is 101 cm³/mol. The fraction of sp³-hybridized carbons (Fsp3) is 0.105. The maximum Gasteiger partial charge on any atom is 0.335 e. The fourth-order valence-electron chi connectivity index (χ4n) is 2.75. The molecule has 26 heavy (non-hydrogen) atoms. The van der Waals surface area contributed by atoms with Crippen LogP contribution in [0, 0.1) is 13.8 Å².